The van der Waals surface area contributed by atoms with Crippen molar-refractivity contribution in [2.24, 2.45) is 11.3 Å². The fourth-order valence-corrected chi connectivity index (χ4v) is 2.24. The second-order valence-corrected chi connectivity index (χ2v) is 5.81. The van der Waals surface area contributed by atoms with Crippen LogP contribution >= 0.6 is 27.5 Å². The van der Waals surface area contributed by atoms with E-state index in [1.54, 1.807) is 6.20 Å². The quantitative estimate of drug-likeness (QED) is 0.754. The van der Waals surface area contributed by atoms with Crippen molar-refractivity contribution in [2.75, 3.05) is 5.88 Å². The molecule has 0 aliphatic heterocycles. The van der Waals surface area contributed by atoms with Crippen molar-refractivity contribution in [1.82, 2.24) is 4.98 Å². The van der Waals surface area contributed by atoms with E-state index in [1.807, 2.05) is 6.20 Å². The zero-order chi connectivity index (χ0) is 11.5. The lowest BCUT2D eigenvalue weighted by atomic mass is 9.76. The van der Waals surface area contributed by atoms with E-state index in [0.717, 1.165) is 10.9 Å². The summed E-state index contributed by atoms with van der Waals surface area (Å²) in [4.78, 5) is 4.17. The lowest BCUT2D eigenvalue weighted by molar-refractivity contribution is 0.253. The van der Waals surface area contributed by atoms with E-state index < -0.39 is 0 Å². The van der Waals surface area contributed by atoms with Gasteiger partial charge in [0, 0.05) is 22.7 Å². The second-order valence-electron chi connectivity index (χ2n) is 4.63. The van der Waals surface area contributed by atoms with Crippen LogP contribution in [-0.2, 0) is 6.42 Å². The molecule has 1 nitrogen and oxygen atoms in total. The highest BCUT2D eigenvalue weighted by atomic mass is 79.9. The SMILES string of the molecule is CC(C)C(C)(CCl)Cc1cncc(Br)c1. The molecule has 0 aliphatic rings. The van der Waals surface area contributed by atoms with Crippen LogP contribution in [0.15, 0.2) is 22.9 Å². The zero-order valence-electron chi connectivity index (χ0n) is 9.43. The van der Waals surface area contributed by atoms with Gasteiger partial charge in [-0.3, -0.25) is 4.98 Å². The van der Waals surface area contributed by atoms with Crippen molar-refractivity contribution in [3.8, 4) is 0 Å². The van der Waals surface area contributed by atoms with Gasteiger partial charge in [-0.15, -0.1) is 11.6 Å². The number of rotatable bonds is 4. The van der Waals surface area contributed by atoms with E-state index in [2.05, 4.69) is 47.8 Å². The first-order valence-electron chi connectivity index (χ1n) is 5.13. The molecule has 0 amide bonds. The number of pyridine rings is 1. The maximum absolute atomic E-state index is 6.06. The van der Waals surface area contributed by atoms with E-state index in [9.17, 15) is 0 Å². The summed E-state index contributed by atoms with van der Waals surface area (Å²) in [5, 5.41) is 0. The maximum atomic E-state index is 6.06. The van der Waals surface area contributed by atoms with Crippen molar-refractivity contribution >= 4 is 27.5 Å². The third kappa shape index (κ3) is 3.46. The van der Waals surface area contributed by atoms with Gasteiger partial charge in [0.1, 0.15) is 0 Å². The van der Waals surface area contributed by atoms with Crippen LogP contribution in [0.4, 0.5) is 0 Å². The van der Waals surface area contributed by atoms with Crippen LogP contribution in [0.5, 0.6) is 0 Å². The van der Waals surface area contributed by atoms with Gasteiger partial charge in [-0.2, -0.15) is 0 Å². The first kappa shape index (κ1) is 13.0. The summed E-state index contributed by atoms with van der Waals surface area (Å²) < 4.78 is 1.03. The van der Waals surface area contributed by atoms with Crippen molar-refractivity contribution < 1.29 is 0 Å². The monoisotopic (exact) mass is 289 g/mol. The molecular weight excluding hydrogens is 273 g/mol. The van der Waals surface area contributed by atoms with Crippen LogP contribution in [0.25, 0.3) is 0 Å². The van der Waals surface area contributed by atoms with Gasteiger partial charge in [0.25, 0.3) is 0 Å². The number of halogens is 2. The fraction of sp³-hybridized carbons (Fsp3) is 0.583. The molecule has 0 N–H and O–H groups in total. The minimum absolute atomic E-state index is 0.143. The van der Waals surface area contributed by atoms with Crippen LogP contribution in [0, 0.1) is 11.3 Å². The molecule has 0 radical (unpaired) electrons. The van der Waals surface area contributed by atoms with E-state index in [-0.39, 0.29) is 5.41 Å². The van der Waals surface area contributed by atoms with Gasteiger partial charge in [-0.1, -0.05) is 20.8 Å². The van der Waals surface area contributed by atoms with Crippen molar-refractivity contribution in [1.29, 1.82) is 0 Å². The van der Waals surface area contributed by atoms with E-state index >= 15 is 0 Å². The van der Waals surface area contributed by atoms with Gasteiger partial charge in [-0.05, 0) is 45.3 Å². The van der Waals surface area contributed by atoms with Crippen molar-refractivity contribution in [3.63, 3.8) is 0 Å². The van der Waals surface area contributed by atoms with Crippen LogP contribution in [0.1, 0.15) is 26.3 Å². The van der Waals surface area contributed by atoms with Gasteiger partial charge in [-0.25, -0.2) is 0 Å². The predicted octanol–water partition coefficient (Wildman–Crippen LogP) is 4.29. The first-order valence-corrected chi connectivity index (χ1v) is 6.46. The summed E-state index contributed by atoms with van der Waals surface area (Å²) in [7, 11) is 0. The summed E-state index contributed by atoms with van der Waals surface area (Å²) in [5.74, 6) is 1.24. The molecule has 0 bridgehead atoms. The average Bonchev–Trinajstić information content (AvgIpc) is 2.17. The molecule has 1 aromatic rings. The molecule has 15 heavy (non-hydrogen) atoms. The second kappa shape index (κ2) is 5.31. The Balaban J connectivity index is 2.84. The highest BCUT2D eigenvalue weighted by molar-refractivity contribution is 9.10. The van der Waals surface area contributed by atoms with Crippen molar-refractivity contribution in [2.45, 2.75) is 27.2 Å². The van der Waals surface area contributed by atoms with E-state index in [1.165, 1.54) is 5.56 Å². The molecule has 0 saturated carbocycles. The molecule has 0 aliphatic carbocycles. The molecule has 1 unspecified atom stereocenters. The van der Waals surface area contributed by atoms with E-state index in [0.29, 0.717) is 11.8 Å². The maximum Gasteiger partial charge on any atom is 0.0410 e. The predicted molar refractivity (Wildman–Crippen MR) is 69.3 cm³/mol. The summed E-state index contributed by atoms with van der Waals surface area (Å²) in [6.45, 7) is 6.66. The number of hydrogen-bond acceptors (Lipinski definition) is 1. The van der Waals surface area contributed by atoms with Gasteiger partial charge >= 0.3 is 0 Å². The minimum Gasteiger partial charge on any atom is -0.263 e. The van der Waals surface area contributed by atoms with Crippen molar-refractivity contribution in [3.05, 3.63) is 28.5 Å². The number of hydrogen-bond donors (Lipinski definition) is 0. The van der Waals surface area contributed by atoms with Crippen LogP contribution < -0.4 is 0 Å². The van der Waals surface area contributed by atoms with Crippen LogP contribution in [0.2, 0.25) is 0 Å². The summed E-state index contributed by atoms with van der Waals surface area (Å²) in [6.07, 6.45) is 4.69. The average molecular weight is 291 g/mol. The number of alkyl halides is 1. The summed E-state index contributed by atoms with van der Waals surface area (Å²) in [6, 6.07) is 2.11. The lowest BCUT2D eigenvalue weighted by Crippen LogP contribution is -2.28. The third-order valence-corrected chi connectivity index (χ3v) is 4.11. The number of aromatic nitrogens is 1. The third-order valence-electron chi connectivity index (χ3n) is 3.07. The Bertz CT molecular complexity index is 327. The molecule has 0 spiro atoms. The molecular formula is C12H17BrClN. The zero-order valence-corrected chi connectivity index (χ0v) is 11.8. The largest absolute Gasteiger partial charge is 0.263 e. The minimum atomic E-state index is 0.143. The molecule has 0 fully saturated rings. The molecule has 1 heterocycles. The molecule has 1 rings (SSSR count). The van der Waals surface area contributed by atoms with Gasteiger partial charge in [0.2, 0.25) is 0 Å². The van der Waals surface area contributed by atoms with Gasteiger partial charge in [0.05, 0.1) is 0 Å². The highest BCUT2D eigenvalue weighted by Gasteiger charge is 2.27. The Hall–Kier alpha value is -0.0800. The topological polar surface area (TPSA) is 12.9 Å². The normalized spacial score (nSPS) is 15.3. The molecule has 1 aromatic heterocycles. The molecule has 0 aromatic carbocycles. The number of nitrogens with zero attached hydrogens (tertiary/aromatic N) is 1. The smallest absolute Gasteiger partial charge is 0.0410 e. The summed E-state index contributed by atoms with van der Waals surface area (Å²) >= 11 is 9.49. The Labute approximate surface area is 105 Å². The lowest BCUT2D eigenvalue weighted by Gasteiger charge is -2.31. The Morgan fingerprint density at radius 1 is 1.47 bits per heavy atom. The summed E-state index contributed by atoms with van der Waals surface area (Å²) in [5.41, 5.74) is 1.38. The molecule has 3 heteroatoms. The first-order chi connectivity index (χ1) is 6.98. The highest BCUT2D eigenvalue weighted by Crippen LogP contribution is 2.32. The van der Waals surface area contributed by atoms with Gasteiger partial charge in [0.15, 0.2) is 0 Å². The Kier molecular flexibility index (Phi) is 4.60. The molecule has 0 saturated heterocycles. The molecule has 84 valence electrons. The van der Waals surface area contributed by atoms with E-state index in [4.69, 9.17) is 11.6 Å². The Morgan fingerprint density at radius 3 is 2.60 bits per heavy atom. The van der Waals surface area contributed by atoms with Gasteiger partial charge < -0.3 is 0 Å². The van der Waals surface area contributed by atoms with Crippen LogP contribution in [0.3, 0.4) is 0 Å². The fourth-order valence-electron chi connectivity index (χ4n) is 1.42. The Morgan fingerprint density at radius 2 is 2.13 bits per heavy atom. The molecule has 1 atom stereocenters. The standard InChI is InChI=1S/C12H17BrClN/c1-9(2)12(3,8-14)5-10-4-11(13)7-15-6-10/h4,6-7,9H,5,8H2,1-3H3. The van der Waals surface area contributed by atoms with Crippen LogP contribution in [-0.4, -0.2) is 10.9 Å².